The average molecular weight is 801 g/mol. The molecule has 3 aliphatic heterocycles. The number of carbonyl (C=O) groups is 2. The van der Waals surface area contributed by atoms with Crippen molar-refractivity contribution in [3.05, 3.63) is 96.3 Å². The second-order valence-electron chi connectivity index (χ2n) is 16.8. The minimum atomic E-state index is -3.79. The van der Waals surface area contributed by atoms with E-state index in [-0.39, 0.29) is 38.9 Å². The Kier molecular flexibility index (Phi) is 12.7. The normalized spacial score (nSPS) is 22.3. The predicted octanol–water partition coefficient (Wildman–Crippen LogP) is 5.94. The number of amides is 2. The number of likely N-dealkylation sites (N-methyl/N-ethyl adjacent to an activating group) is 1. The van der Waals surface area contributed by atoms with Gasteiger partial charge in [0.05, 0.1) is 9.79 Å². The van der Waals surface area contributed by atoms with Crippen molar-refractivity contribution in [2.24, 2.45) is 17.8 Å². The summed E-state index contributed by atoms with van der Waals surface area (Å²) < 4.78 is 42.0. The maximum atomic E-state index is 15.0. The molecule has 2 amide bonds. The molecule has 1 unspecified atom stereocenters. The van der Waals surface area contributed by atoms with Crippen LogP contribution in [-0.2, 0) is 20.0 Å². The van der Waals surface area contributed by atoms with Crippen molar-refractivity contribution < 1.29 is 27.5 Å². The Hall–Kier alpha value is -4.30. The number of nitrogens with zero attached hydrogens (tertiary/aromatic N) is 4. The number of carbonyl (C=O) groups excluding carboxylic acids is 1. The van der Waals surface area contributed by atoms with Crippen molar-refractivity contribution in [3.8, 4) is 0 Å². The highest BCUT2D eigenvalue weighted by Crippen LogP contribution is 2.51. The van der Waals surface area contributed by atoms with Crippen LogP contribution in [0, 0.1) is 23.6 Å². The van der Waals surface area contributed by atoms with E-state index in [1.807, 2.05) is 37.2 Å². The van der Waals surface area contributed by atoms with Crippen molar-refractivity contribution in [1.29, 1.82) is 0 Å². The van der Waals surface area contributed by atoms with Crippen molar-refractivity contribution in [3.63, 3.8) is 0 Å². The number of rotatable bonds is 15. The summed E-state index contributed by atoms with van der Waals surface area (Å²) in [5, 5.41) is 15.4. The number of hydrogen-bond acceptors (Lipinski definition) is 8. The molecule has 3 atom stereocenters. The Labute approximate surface area is 336 Å². The summed E-state index contributed by atoms with van der Waals surface area (Å²) in [7, 11) is 0.0221. The minimum Gasteiger partial charge on any atom is -0.465 e. The van der Waals surface area contributed by atoms with Crippen LogP contribution in [0.15, 0.2) is 94.7 Å². The monoisotopic (exact) mass is 800 g/mol. The maximum Gasteiger partial charge on any atom is 0.404 e. The molecular weight excluding hydrogens is 744 g/mol. The molecular formula is C44H57FN6O5S. The van der Waals surface area contributed by atoms with Gasteiger partial charge in [-0.25, -0.2) is 17.6 Å². The van der Waals surface area contributed by atoms with E-state index >= 15 is 0 Å². The second kappa shape index (κ2) is 17.7. The van der Waals surface area contributed by atoms with Crippen LogP contribution in [0.3, 0.4) is 0 Å². The Balaban J connectivity index is 0.960. The molecule has 3 aromatic rings. The minimum absolute atomic E-state index is 0.104. The second-order valence-corrected chi connectivity index (χ2v) is 18.7. The van der Waals surface area contributed by atoms with Gasteiger partial charge in [-0.1, -0.05) is 30.7 Å². The number of anilines is 2. The van der Waals surface area contributed by atoms with Crippen molar-refractivity contribution in [1.82, 2.24) is 20.0 Å². The zero-order chi connectivity index (χ0) is 40.2. The molecule has 3 N–H and O–H groups in total. The highest BCUT2D eigenvalue weighted by molar-refractivity contribution is 7.91. The highest BCUT2D eigenvalue weighted by Gasteiger charge is 2.53. The summed E-state index contributed by atoms with van der Waals surface area (Å²) in [6.07, 6.45) is 8.04. The lowest BCUT2D eigenvalue weighted by atomic mass is 9.57. The Bertz CT molecular complexity index is 2010. The van der Waals surface area contributed by atoms with Crippen LogP contribution in [0.25, 0.3) is 0 Å². The van der Waals surface area contributed by atoms with Crippen LogP contribution < -0.4 is 15.5 Å². The van der Waals surface area contributed by atoms with Gasteiger partial charge in [0.15, 0.2) is 0 Å². The molecule has 13 heteroatoms. The first-order valence-electron chi connectivity index (χ1n) is 20.4. The van der Waals surface area contributed by atoms with E-state index in [1.54, 1.807) is 42.5 Å². The molecule has 0 spiro atoms. The van der Waals surface area contributed by atoms with Gasteiger partial charge in [0, 0.05) is 67.5 Å². The molecule has 0 radical (unpaired) electrons. The molecule has 1 aliphatic carbocycles. The molecule has 57 heavy (non-hydrogen) atoms. The molecule has 3 aromatic carbocycles. The largest absolute Gasteiger partial charge is 0.465 e. The van der Waals surface area contributed by atoms with Crippen molar-refractivity contribution >= 4 is 33.2 Å². The first-order chi connectivity index (χ1) is 27.4. The molecule has 3 saturated heterocycles. The fourth-order valence-corrected chi connectivity index (χ4v) is 11.2. The fraction of sp³-hybridized carbons (Fsp3) is 0.500. The van der Waals surface area contributed by atoms with E-state index in [0.29, 0.717) is 24.1 Å². The predicted molar refractivity (Wildman–Crippen MR) is 221 cm³/mol. The Morgan fingerprint density at radius 3 is 2.30 bits per heavy atom. The number of benzene rings is 3. The number of halogens is 1. The van der Waals surface area contributed by atoms with E-state index in [2.05, 4.69) is 31.4 Å². The van der Waals surface area contributed by atoms with E-state index in [1.165, 1.54) is 18.2 Å². The van der Waals surface area contributed by atoms with Crippen molar-refractivity contribution in [2.45, 2.75) is 59.8 Å². The summed E-state index contributed by atoms with van der Waals surface area (Å²) in [5.41, 5.74) is 2.08. The van der Waals surface area contributed by atoms with Crippen LogP contribution in [-0.4, -0.2) is 119 Å². The van der Waals surface area contributed by atoms with Crippen LogP contribution in [0.5, 0.6) is 0 Å². The van der Waals surface area contributed by atoms with Crippen LogP contribution in [0.4, 0.5) is 20.6 Å². The quantitative estimate of drug-likeness (QED) is 0.160. The molecule has 3 heterocycles. The van der Waals surface area contributed by atoms with Gasteiger partial charge >= 0.3 is 6.09 Å². The van der Waals surface area contributed by atoms with Crippen molar-refractivity contribution in [2.75, 3.05) is 83.2 Å². The van der Waals surface area contributed by atoms with E-state index < -0.39 is 15.9 Å². The lowest BCUT2D eigenvalue weighted by Crippen LogP contribution is -2.60. The maximum absolute atomic E-state index is 15.0. The molecule has 306 valence electrons. The zero-order valence-electron chi connectivity index (χ0n) is 33.2. The highest BCUT2D eigenvalue weighted by atomic mass is 32.2. The number of piperidine rings is 1. The van der Waals surface area contributed by atoms with Gasteiger partial charge in [-0.2, -0.15) is 0 Å². The summed E-state index contributed by atoms with van der Waals surface area (Å²) in [4.78, 5) is 33.8. The van der Waals surface area contributed by atoms with Gasteiger partial charge in [-0.3, -0.25) is 4.79 Å². The summed E-state index contributed by atoms with van der Waals surface area (Å²) in [6.45, 7) is 8.18. The smallest absolute Gasteiger partial charge is 0.404 e. The molecule has 4 fully saturated rings. The summed E-state index contributed by atoms with van der Waals surface area (Å²) in [5.74, 6) is 0.349. The van der Waals surface area contributed by atoms with Gasteiger partial charge in [0.25, 0.3) is 0 Å². The number of carboxylic acid groups (broad SMARTS) is 1. The standard InChI is InChI=1S/C44H57FN6O5S/c1-48(2)21-6-14-42(52)46-36-10-4-11-39(27-36)57(55,56)38-17-15-37(16-18-38)51-29-32(30-51)28-49-24-19-33(20-25-49)44(31-50-22-7-23-50,34-8-3-9-35(45)26-34)40-12-5-13-41(40)47-43(53)54/h3-4,6,8-11,14-18,26-27,32-33,40-41,47H,5,7,12-13,19-25,28-31H2,1-2H3,(H,46,52)(H,53,54)/b14-6+/t40-,41-,44?/m0/s1. The van der Waals surface area contributed by atoms with Gasteiger partial charge in [-0.15, -0.1) is 0 Å². The van der Waals surface area contributed by atoms with E-state index in [0.717, 1.165) is 102 Å². The topological polar surface area (TPSA) is 126 Å². The average Bonchev–Trinajstić information content (AvgIpc) is 3.61. The van der Waals surface area contributed by atoms with Gasteiger partial charge < -0.3 is 35.3 Å². The third-order valence-electron chi connectivity index (χ3n) is 12.7. The third-order valence-corrected chi connectivity index (χ3v) is 14.5. The summed E-state index contributed by atoms with van der Waals surface area (Å²) in [6, 6.07) is 20.4. The SMILES string of the molecule is CN(C)C/C=C/C(=O)Nc1cccc(S(=O)(=O)c2ccc(N3CC(CN4CCC(C(CN5CCC5)(c5cccc(F)c5)[C@H]5CCC[C@@H]5NC(=O)O)CC4)C3)cc2)c1. The Morgan fingerprint density at radius 1 is 0.895 bits per heavy atom. The lowest BCUT2D eigenvalue weighted by Gasteiger charge is -2.54. The van der Waals surface area contributed by atoms with Crippen LogP contribution >= 0.6 is 0 Å². The molecule has 0 aromatic heterocycles. The molecule has 11 nitrogen and oxygen atoms in total. The number of sulfone groups is 1. The van der Waals surface area contributed by atoms with Gasteiger partial charge in [0.2, 0.25) is 15.7 Å². The number of nitrogens with one attached hydrogen (secondary N) is 2. The summed E-state index contributed by atoms with van der Waals surface area (Å²) >= 11 is 0. The van der Waals surface area contributed by atoms with Gasteiger partial charge in [-0.05, 0) is 144 Å². The fourth-order valence-electron chi connectivity index (χ4n) is 9.85. The molecule has 1 saturated carbocycles. The first kappa shape index (κ1) is 40.9. The molecule has 4 aliphatic rings. The molecule has 0 bridgehead atoms. The van der Waals surface area contributed by atoms with Crippen LogP contribution in [0.1, 0.15) is 44.1 Å². The van der Waals surface area contributed by atoms with Crippen LogP contribution in [0.2, 0.25) is 0 Å². The third kappa shape index (κ3) is 9.38. The van der Waals surface area contributed by atoms with E-state index in [4.69, 9.17) is 0 Å². The van der Waals surface area contributed by atoms with Gasteiger partial charge in [0.1, 0.15) is 5.82 Å². The first-order valence-corrected chi connectivity index (χ1v) is 21.9. The molecule has 7 rings (SSSR count). The number of likely N-dealkylation sites (tertiary alicyclic amines) is 2. The van der Waals surface area contributed by atoms with E-state index in [9.17, 15) is 27.5 Å². The lowest BCUT2D eigenvalue weighted by molar-refractivity contribution is -0.111. The Morgan fingerprint density at radius 2 is 1.63 bits per heavy atom. The zero-order valence-corrected chi connectivity index (χ0v) is 34.0. The number of hydrogen-bond donors (Lipinski definition) is 3.